The van der Waals surface area contributed by atoms with Crippen LogP contribution in [0.4, 0.5) is 0 Å². The molecule has 0 saturated heterocycles. The average molecular weight is 881 g/mol. The molecule has 0 saturated carbocycles. The van der Waals surface area contributed by atoms with Crippen LogP contribution in [0.1, 0.15) is 100 Å². The summed E-state index contributed by atoms with van der Waals surface area (Å²) in [6, 6.07) is 44.1. The highest BCUT2D eigenvalue weighted by Gasteiger charge is 2.08. The van der Waals surface area contributed by atoms with Crippen molar-refractivity contribution in [1.82, 2.24) is 0 Å². The van der Waals surface area contributed by atoms with E-state index in [0.29, 0.717) is 16.7 Å². The van der Waals surface area contributed by atoms with Gasteiger partial charge in [0.1, 0.15) is 28.7 Å². The normalized spacial score (nSPS) is 9.54. The second kappa shape index (κ2) is 28.2. The third-order valence-corrected chi connectivity index (χ3v) is 9.40. The Morgan fingerprint density at radius 2 is 0.708 bits per heavy atom. The predicted molar refractivity (Wildman–Crippen MR) is 261 cm³/mol. The van der Waals surface area contributed by atoms with Crippen molar-refractivity contribution >= 4 is 50.5 Å². The first kappa shape index (κ1) is 53.5. The van der Waals surface area contributed by atoms with Gasteiger partial charge in [0.05, 0.1) is 35.5 Å². The number of Topliss-reactive ketones (excluding diaryl/α,β-unsaturated/α-hetero) is 5. The first-order chi connectivity index (χ1) is 31.1. The van der Waals surface area contributed by atoms with E-state index in [4.69, 9.17) is 23.7 Å². The van der Waals surface area contributed by atoms with Gasteiger partial charge in [-0.15, -0.1) is 0 Å². The lowest BCUT2D eigenvalue weighted by Crippen LogP contribution is -1.94. The van der Waals surface area contributed by atoms with Crippen LogP contribution in [0.15, 0.2) is 146 Å². The molecule has 10 heteroatoms. The highest BCUT2D eigenvalue weighted by atomic mass is 16.5. The highest BCUT2D eigenvalue weighted by molar-refractivity contribution is 6.08. The molecule has 0 fully saturated rings. The van der Waals surface area contributed by atoms with Gasteiger partial charge in [0.2, 0.25) is 0 Å². The highest BCUT2D eigenvalue weighted by Crippen LogP contribution is 2.28. The maximum atomic E-state index is 11.4. The molecule has 0 aliphatic rings. The Balaban J connectivity index is 0.000000279. The van der Waals surface area contributed by atoms with Gasteiger partial charge in [0, 0.05) is 33.2 Å². The number of benzene rings is 7. The van der Waals surface area contributed by atoms with E-state index < -0.39 is 0 Å². The number of carbonyl (C=O) groups excluding carboxylic acids is 5. The van der Waals surface area contributed by atoms with Crippen molar-refractivity contribution < 1.29 is 47.7 Å². The van der Waals surface area contributed by atoms with Gasteiger partial charge in [-0.05, 0) is 136 Å². The molecule has 0 unspecified atom stereocenters. The minimum absolute atomic E-state index is 0.0592. The van der Waals surface area contributed by atoms with E-state index in [1.54, 1.807) is 130 Å². The van der Waals surface area contributed by atoms with Crippen molar-refractivity contribution in [3.8, 4) is 28.7 Å². The van der Waals surface area contributed by atoms with Crippen LogP contribution in [0.2, 0.25) is 0 Å². The zero-order chi connectivity index (χ0) is 48.5. The molecule has 0 aliphatic heterocycles. The van der Waals surface area contributed by atoms with Crippen molar-refractivity contribution in [1.29, 1.82) is 0 Å². The summed E-state index contributed by atoms with van der Waals surface area (Å²) >= 11 is 0. The minimum Gasteiger partial charge on any atom is -0.497 e. The first-order valence-corrected chi connectivity index (χ1v) is 20.8. The van der Waals surface area contributed by atoms with Crippen LogP contribution in [0.25, 0.3) is 21.5 Å². The summed E-state index contributed by atoms with van der Waals surface area (Å²) in [5, 5.41) is 4.07. The molecule has 0 aliphatic carbocycles. The molecular weight excluding hydrogens is 821 g/mol. The summed E-state index contributed by atoms with van der Waals surface area (Å²) in [6.07, 6.45) is 0. The number of carbonyl (C=O) groups is 5. The fraction of sp³-hybridized carbons (Fsp3) is 0.218. The molecule has 340 valence electrons. The fourth-order valence-electron chi connectivity index (χ4n) is 5.83. The van der Waals surface area contributed by atoms with E-state index in [1.165, 1.54) is 6.92 Å². The number of hydrogen-bond donors (Lipinski definition) is 0. The predicted octanol–water partition coefficient (Wildman–Crippen LogP) is 12.8. The molecule has 0 N–H and O–H groups in total. The molecule has 0 aromatic heterocycles. The maximum absolute atomic E-state index is 11.4. The van der Waals surface area contributed by atoms with Crippen molar-refractivity contribution in [2.75, 3.05) is 35.5 Å². The minimum atomic E-state index is 0.0592. The zero-order valence-corrected chi connectivity index (χ0v) is 39.4. The quantitative estimate of drug-likeness (QED) is 0.122. The van der Waals surface area contributed by atoms with Crippen LogP contribution >= 0.6 is 0 Å². The van der Waals surface area contributed by atoms with Crippen molar-refractivity contribution in [3.63, 3.8) is 0 Å². The van der Waals surface area contributed by atoms with E-state index in [9.17, 15) is 24.0 Å². The number of methoxy groups -OCH3 is 5. The summed E-state index contributed by atoms with van der Waals surface area (Å²) in [7, 11) is 8.06. The molecule has 7 aromatic carbocycles. The Morgan fingerprint density at radius 3 is 1.17 bits per heavy atom. The first-order valence-electron chi connectivity index (χ1n) is 20.8. The number of rotatable bonds is 10. The van der Waals surface area contributed by atoms with Crippen LogP contribution in [-0.4, -0.2) is 64.5 Å². The monoisotopic (exact) mass is 880 g/mol. The van der Waals surface area contributed by atoms with Crippen molar-refractivity contribution in [3.05, 3.63) is 173 Å². The Bertz CT molecular complexity index is 2570. The van der Waals surface area contributed by atoms with Crippen LogP contribution in [0.3, 0.4) is 0 Å². The third-order valence-electron chi connectivity index (χ3n) is 9.40. The molecule has 0 amide bonds. The number of hydrogen-bond acceptors (Lipinski definition) is 10. The van der Waals surface area contributed by atoms with E-state index in [2.05, 4.69) is 0 Å². The molecule has 0 atom stereocenters. The van der Waals surface area contributed by atoms with Gasteiger partial charge in [-0.3, -0.25) is 24.0 Å². The van der Waals surface area contributed by atoms with E-state index >= 15 is 0 Å². The molecule has 0 bridgehead atoms. The average Bonchev–Trinajstić information content (AvgIpc) is 3.34. The number of ether oxygens (including phenoxy) is 5. The molecule has 0 radical (unpaired) electrons. The molecule has 7 aromatic rings. The SMILES string of the molecule is CC.COc1ccc(C(C)=O)cc1.COc1ccc(C(C)=O)cc1.COc1ccc2cc(C(C)=O)ccc2c1.COc1cccc(C(C)=O)c1.COc1cccc2c(C(C)=O)cccc12. The molecule has 0 heterocycles. The van der Waals surface area contributed by atoms with Crippen molar-refractivity contribution in [2.24, 2.45) is 0 Å². The van der Waals surface area contributed by atoms with Crippen LogP contribution < -0.4 is 23.7 Å². The lowest BCUT2D eigenvalue weighted by molar-refractivity contribution is 0.100. The standard InChI is InChI=1S/2C13H12O2.3C9H10O2.C2H6/c1-9(14)10-5-3-7-12-11(10)6-4-8-13(12)15-2;1-9(14)10-3-4-12-8-13(15-2)6-5-11(12)7-10;2*1-7(10)8-3-5-9(11-2)6-4-8;1-7(10)8-4-3-5-9(6-8)11-2;1-2/h2*3-8H,1-2H3;3*3-6H,1-2H3;1-2H3. The number of ketones is 5. The molecule has 10 nitrogen and oxygen atoms in total. The largest absolute Gasteiger partial charge is 0.497 e. The van der Waals surface area contributed by atoms with Crippen LogP contribution in [-0.2, 0) is 0 Å². The Morgan fingerprint density at radius 1 is 0.323 bits per heavy atom. The summed E-state index contributed by atoms with van der Waals surface area (Å²) in [5.41, 5.74) is 3.60. The van der Waals surface area contributed by atoms with Gasteiger partial charge in [-0.25, -0.2) is 0 Å². The van der Waals surface area contributed by atoms with Gasteiger partial charge in [0.15, 0.2) is 28.9 Å². The van der Waals surface area contributed by atoms with E-state index in [0.717, 1.165) is 61.4 Å². The summed E-state index contributed by atoms with van der Waals surface area (Å²) < 4.78 is 25.2. The zero-order valence-electron chi connectivity index (χ0n) is 39.4. The van der Waals surface area contributed by atoms with Gasteiger partial charge in [-0.1, -0.05) is 74.5 Å². The summed E-state index contributed by atoms with van der Waals surface area (Å²) in [5.74, 6) is 4.28. The van der Waals surface area contributed by atoms with E-state index in [1.807, 2.05) is 92.7 Å². The molecular formula is C55H60O10. The lowest BCUT2D eigenvalue weighted by Gasteiger charge is -2.07. The smallest absolute Gasteiger partial charge is 0.160 e. The number of fused-ring (bicyclic) bond motifs is 2. The Kier molecular flexibility index (Phi) is 23.2. The third kappa shape index (κ3) is 17.2. The second-order valence-corrected chi connectivity index (χ2v) is 13.8. The van der Waals surface area contributed by atoms with Gasteiger partial charge < -0.3 is 23.7 Å². The van der Waals surface area contributed by atoms with Gasteiger partial charge in [0.25, 0.3) is 0 Å². The Hall–Kier alpha value is -7.59. The van der Waals surface area contributed by atoms with Crippen LogP contribution in [0, 0.1) is 0 Å². The summed E-state index contributed by atoms with van der Waals surface area (Å²) in [4.78, 5) is 55.1. The molecule has 7 rings (SSSR count). The topological polar surface area (TPSA) is 132 Å². The van der Waals surface area contributed by atoms with Crippen LogP contribution in [0.5, 0.6) is 28.7 Å². The van der Waals surface area contributed by atoms with E-state index in [-0.39, 0.29) is 28.9 Å². The lowest BCUT2D eigenvalue weighted by atomic mass is 10.0. The fourth-order valence-corrected chi connectivity index (χ4v) is 5.83. The van der Waals surface area contributed by atoms with Crippen molar-refractivity contribution in [2.45, 2.75) is 48.5 Å². The second-order valence-electron chi connectivity index (χ2n) is 13.8. The maximum Gasteiger partial charge on any atom is 0.160 e. The van der Waals surface area contributed by atoms with Gasteiger partial charge >= 0.3 is 0 Å². The van der Waals surface area contributed by atoms with Gasteiger partial charge in [-0.2, -0.15) is 0 Å². The summed E-state index contributed by atoms with van der Waals surface area (Å²) in [6.45, 7) is 11.8. The Labute approximate surface area is 383 Å². The molecule has 0 spiro atoms. The molecule has 65 heavy (non-hydrogen) atoms.